The molecule has 0 spiro atoms. The zero-order chi connectivity index (χ0) is 25.5. The molecule has 2 unspecified atom stereocenters. The minimum Gasteiger partial charge on any atom is -0.490 e. The van der Waals surface area contributed by atoms with E-state index in [0.717, 1.165) is 19.5 Å². The van der Waals surface area contributed by atoms with Crippen molar-refractivity contribution in [1.82, 2.24) is 0 Å². The first-order chi connectivity index (χ1) is 17.5. The number of ether oxygens (including phenoxy) is 2. The van der Waals surface area contributed by atoms with Crippen LogP contribution in [0.5, 0.6) is 5.75 Å². The van der Waals surface area contributed by atoms with E-state index in [1.807, 2.05) is 25.1 Å². The monoisotopic (exact) mass is 493 g/mol. The van der Waals surface area contributed by atoms with Gasteiger partial charge < -0.3 is 14.5 Å². The first-order valence-corrected chi connectivity index (χ1v) is 12.2. The van der Waals surface area contributed by atoms with Crippen LogP contribution in [0.4, 0.5) is 13.2 Å². The Balaban J connectivity index is 1.46. The Labute approximate surface area is 210 Å². The summed E-state index contributed by atoms with van der Waals surface area (Å²) in [7, 11) is 1.15. The molecular formula is C29H29BF3O3. The summed E-state index contributed by atoms with van der Waals surface area (Å²) in [5.41, 5.74) is 2.61. The third-order valence-corrected chi connectivity index (χ3v) is 6.51. The van der Waals surface area contributed by atoms with E-state index in [2.05, 4.69) is 0 Å². The lowest BCUT2D eigenvalue weighted by atomic mass is 9.81. The Morgan fingerprint density at radius 3 is 2.39 bits per heavy atom. The Morgan fingerprint density at radius 2 is 1.72 bits per heavy atom. The molecule has 187 valence electrons. The second-order valence-corrected chi connectivity index (χ2v) is 8.94. The van der Waals surface area contributed by atoms with E-state index in [1.54, 1.807) is 30.3 Å². The molecular weight excluding hydrogens is 464 g/mol. The Kier molecular flexibility index (Phi) is 8.89. The van der Waals surface area contributed by atoms with Crippen molar-refractivity contribution in [2.24, 2.45) is 5.92 Å². The fourth-order valence-corrected chi connectivity index (χ4v) is 4.47. The third-order valence-electron chi connectivity index (χ3n) is 6.51. The van der Waals surface area contributed by atoms with Gasteiger partial charge in [-0.3, -0.25) is 0 Å². The molecule has 3 aromatic carbocycles. The summed E-state index contributed by atoms with van der Waals surface area (Å²) < 4.78 is 55.4. The summed E-state index contributed by atoms with van der Waals surface area (Å²) in [4.78, 5) is 0. The fraction of sp³-hybridized carbons (Fsp3) is 0.310. The maximum Gasteiger partial charge on any atom is 0.287 e. The maximum absolute atomic E-state index is 14.9. The number of hydrogen-bond donors (Lipinski definition) is 1. The molecule has 1 radical (unpaired) electrons. The molecule has 7 heteroatoms. The molecule has 1 fully saturated rings. The summed E-state index contributed by atoms with van der Waals surface area (Å²) in [6, 6.07) is 14.9. The maximum atomic E-state index is 14.9. The SMILES string of the molecule is C/C=C\CCOc1ccc(-c2ccc(-c3ccc(C4CCC(C[B]O)CO4)c(F)c3)cc2)c(F)c1F. The molecule has 0 aliphatic carbocycles. The summed E-state index contributed by atoms with van der Waals surface area (Å²) >= 11 is 0. The van der Waals surface area contributed by atoms with E-state index in [-0.39, 0.29) is 35.8 Å². The van der Waals surface area contributed by atoms with Gasteiger partial charge in [0.1, 0.15) is 5.82 Å². The molecule has 3 nitrogen and oxygen atoms in total. The van der Waals surface area contributed by atoms with Crippen LogP contribution in [0, 0.1) is 23.4 Å². The van der Waals surface area contributed by atoms with Gasteiger partial charge in [-0.15, -0.1) is 0 Å². The molecule has 0 bridgehead atoms. The molecule has 4 rings (SSSR count). The summed E-state index contributed by atoms with van der Waals surface area (Å²) in [6.45, 7) is 2.64. The first-order valence-electron chi connectivity index (χ1n) is 12.2. The molecule has 2 atom stereocenters. The average molecular weight is 493 g/mol. The van der Waals surface area contributed by atoms with Crippen molar-refractivity contribution >= 4 is 7.48 Å². The standard InChI is InChI=1S/C29H29BF3O3/c1-2-3-4-15-35-27-14-12-23(28(32)29(27)33)21-8-6-20(7-9-21)22-10-11-24(25(31)16-22)26-13-5-19(17-30-34)18-36-26/h2-3,6-12,14,16,19,26,34H,4-5,13,15,17-18H2,1H3/b3-2-. The number of halogens is 3. The van der Waals surface area contributed by atoms with Gasteiger partial charge in [0.05, 0.1) is 12.7 Å². The summed E-state index contributed by atoms with van der Waals surface area (Å²) in [5.74, 6) is -2.17. The highest BCUT2D eigenvalue weighted by Gasteiger charge is 2.25. The van der Waals surface area contributed by atoms with Crippen LogP contribution in [0.3, 0.4) is 0 Å². The number of rotatable bonds is 9. The van der Waals surface area contributed by atoms with Crippen LogP contribution in [-0.4, -0.2) is 25.7 Å². The van der Waals surface area contributed by atoms with Crippen LogP contribution >= 0.6 is 0 Å². The van der Waals surface area contributed by atoms with Gasteiger partial charge in [-0.2, -0.15) is 4.39 Å². The topological polar surface area (TPSA) is 38.7 Å². The largest absolute Gasteiger partial charge is 0.490 e. The van der Waals surface area contributed by atoms with E-state index in [1.165, 1.54) is 18.2 Å². The van der Waals surface area contributed by atoms with Gasteiger partial charge in [0.15, 0.2) is 11.6 Å². The molecule has 3 aromatic rings. The van der Waals surface area contributed by atoms with Crippen LogP contribution in [0.25, 0.3) is 22.3 Å². The molecule has 1 aliphatic heterocycles. The van der Waals surface area contributed by atoms with E-state index in [4.69, 9.17) is 14.5 Å². The highest BCUT2D eigenvalue weighted by atomic mass is 19.2. The van der Waals surface area contributed by atoms with E-state index in [0.29, 0.717) is 42.5 Å². The van der Waals surface area contributed by atoms with Crippen molar-refractivity contribution in [3.8, 4) is 28.0 Å². The van der Waals surface area contributed by atoms with Gasteiger partial charge >= 0.3 is 0 Å². The van der Waals surface area contributed by atoms with Crippen molar-refractivity contribution in [1.29, 1.82) is 0 Å². The van der Waals surface area contributed by atoms with E-state index >= 15 is 0 Å². The Bertz CT molecular complexity index is 1190. The second-order valence-electron chi connectivity index (χ2n) is 8.94. The second kappa shape index (κ2) is 12.3. The molecule has 0 aromatic heterocycles. The highest BCUT2D eigenvalue weighted by molar-refractivity contribution is 6.25. The predicted octanol–water partition coefficient (Wildman–Crippen LogP) is 7.28. The van der Waals surface area contributed by atoms with Gasteiger partial charge in [0, 0.05) is 17.7 Å². The lowest BCUT2D eigenvalue weighted by Gasteiger charge is -2.29. The molecule has 1 heterocycles. The lowest BCUT2D eigenvalue weighted by Crippen LogP contribution is -2.22. The van der Waals surface area contributed by atoms with Gasteiger partial charge in [-0.05, 0) is 73.3 Å². The highest BCUT2D eigenvalue weighted by Crippen LogP contribution is 2.35. The molecule has 0 saturated carbocycles. The molecule has 1 saturated heterocycles. The summed E-state index contributed by atoms with van der Waals surface area (Å²) in [5, 5.41) is 8.96. The molecule has 1 aliphatic rings. The van der Waals surface area contributed by atoms with Crippen molar-refractivity contribution < 1.29 is 27.7 Å². The Morgan fingerprint density at radius 1 is 0.972 bits per heavy atom. The molecule has 0 amide bonds. The van der Waals surface area contributed by atoms with Crippen LogP contribution in [-0.2, 0) is 4.74 Å². The minimum absolute atomic E-state index is 0.114. The van der Waals surface area contributed by atoms with Crippen LogP contribution in [0.2, 0.25) is 6.32 Å². The van der Waals surface area contributed by atoms with Gasteiger partial charge in [-0.25, -0.2) is 8.78 Å². The van der Waals surface area contributed by atoms with Gasteiger partial charge in [0.2, 0.25) is 5.82 Å². The van der Waals surface area contributed by atoms with Crippen molar-refractivity contribution in [2.45, 2.75) is 38.6 Å². The Hall–Kier alpha value is -3.03. The molecule has 36 heavy (non-hydrogen) atoms. The minimum atomic E-state index is -1.01. The van der Waals surface area contributed by atoms with Crippen LogP contribution in [0.15, 0.2) is 66.7 Å². The van der Waals surface area contributed by atoms with Crippen LogP contribution < -0.4 is 4.74 Å². The zero-order valence-electron chi connectivity index (χ0n) is 20.2. The third kappa shape index (κ3) is 6.02. The summed E-state index contributed by atoms with van der Waals surface area (Å²) in [6.07, 6.45) is 6.21. The van der Waals surface area contributed by atoms with Crippen molar-refractivity contribution in [3.05, 3.63) is 89.8 Å². The zero-order valence-corrected chi connectivity index (χ0v) is 20.2. The lowest BCUT2D eigenvalue weighted by molar-refractivity contribution is -0.0144. The van der Waals surface area contributed by atoms with Crippen molar-refractivity contribution in [2.75, 3.05) is 13.2 Å². The van der Waals surface area contributed by atoms with E-state index < -0.39 is 11.6 Å². The number of benzene rings is 3. The number of allylic oxidation sites excluding steroid dienone is 1. The normalized spacial score (nSPS) is 17.9. The van der Waals surface area contributed by atoms with Crippen LogP contribution in [0.1, 0.15) is 37.9 Å². The van der Waals surface area contributed by atoms with Crippen molar-refractivity contribution in [3.63, 3.8) is 0 Å². The van der Waals surface area contributed by atoms with Gasteiger partial charge in [-0.1, -0.05) is 48.6 Å². The number of hydrogen-bond acceptors (Lipinski definition) is 3. The van der Waals surface area contributed by atoms with Gasteiger partial charge in [0.25, 0.3) is 7.48 Å². The average Bonchev–Trinajstić information content (AvgIpc) is 2.90. The van der Waals surface area contributed by atoms with E-state index in [9.17, 15) is 13.2 Å². The smallest absolute Gasteiger partial charge is 0.287 e. The fourth-order valence-electron chi connectivity index (χ4n) is 4.47. The first kappa shape index (κ1) is 26.0. The predicted molar refractivity (Wildman–Crippen MR) is 136 cm³/mol. The quantitative estimate of drug-likeness (QED) is 0.193. The molecule has 1 N–H and O–H groups in total.